The molecule has 27 heavy (non-hydrogen) atoms. The second-order valence-electron chi connectivity index (χ2n) is 6.68. The predicted octanol–water partition coefficient (Wildman–Crippen LogP) is 2.98. The van der Waals surface area contributed by atoms with Gasteiger partial charge in [0.05, 0.1) is 15.5 Å². The van der Waals surface area contributed by atoms with E-state index in [1.165, 1.54) is 6.07 Å². The van der Waals surface area contributed by atoms with Gasteiger partial charge in [0.25, 0.3) is 0 Å². The molecular formula is C19H23F2N3O2S. The molecule has 0 atom stereocenters. The fourth-order valence-electron chi connectivity index (χ4n) is 3.26. The first-order valence-corrected chi connectivity index (χ1v) is 10.3. The summed E-state index contributed by atoms with van der Waals surface area (Å²) in [6.07, 6.45) is 1.02. The molecule has 0 amide bonds. The average Bonchev–Trinajstić information content (AvgIpc) is 2.85. The maximum absolute atomic E-state index is 13.5. The third-order valence-corrected chi connectivity index (χ3v) is 6.54. The lowest BCUT2D eigenvalue weighted by Crippen LogP contribution is -2.28. The molecule has 3 rings (SSSR count). The van der Waals surface area contributed by atoms with Gasteiger partial charge >= 0.3 is 0 Å². The first-order chi connectivity index (χ1) is 12.8. The molecule has 146 valence electrons. The molecule has 2 aromatic rings. The van der Waals surface area contributed by atoms with Gasteiger partial charge in [-0.1, -0.05) is 0 Å². The van der Waals surface area contributed by atoms with Crippen molar-refractivity contribution < 1.29 is 17.2 Å². The highest BCUT2D eigenvalue weighted by Crippen LogP contribution is 2.32. The lowest BCUT2D eigenvalue weighted by Gasteiger charge is -2.24. The van der Waals surface area contributed by atoms with Crippen LogP contribution in [0.3, 0.4) is 0 Å². The van der Waals surface area contributed by atoms with E-state index in [1.54, 1.807) is 19.2 Å². The molecule has 0 unspecified atom stereocenters. The van der Waals surface area contributed by atoms with Crippen LogP contribution in [0.5, 0.6) is 0 Å². The molecule has 1 N–H and O–H groups in total. The van der Waals surface area contributed by atoms with Crippen molar-refractivity contribution >= 4 is 21.2 Å². The van der Waals surface area contributed by atoms with Crippen molar-refractivity contribution in [3.8, 4) is 0 Å². The van der Waals surface area contributed by atoms with Gasteiger partial charge in [-0.2, -0.15) is 0 Å². The molecule has 0 bridgehead atoms. The van der Waals surface area contributed by atoms with E-state index in [0.717, 1.165) is 50.4 Å². The highest BCUT2D eigenvalue weighted by molar-refractivity contribution is 7.91. The largest absolute Gasteiger partial charge is 0.387 e. The van der Waals surface area contributed by atoms with Crippen molar-refractivity contribution in [2.45, 2.75) is 16.2 Å². The molecule has 1 aliphatic rings. The number of nitrogens with zero attached hydrogens (tertiary/aromatic N) is 2. The Morgan fingerprint density at radius 1 is 0.963 bits per heavy atom. The molecule has 1 heterocycles. The lowest BCUT2D eigenvalue weighted by atomic mass is 10.2. The normalized spacial score (nSPS) is 16.2. The summed E-state index contributed by atoms with van der Waals surface area (Å²) >= 11 is 0. The minimum Gasteiger partial charge on any atom is -0.387 e. The Balaban J connectivity index is 1.99. The van der Waals surface area contributed by atoms with E-state index in [-0.39, 0.29) is 4.90 Å². The number of halogens is 2. The van der Waals surface area contributed by atoms with Crippen LogP contribution < -0.4 is 10.2 Å². The van der Waals surface area contributed by atoms with Crippen molar-refractivity contribution in [1.82, 2.24) is 4.90 Å². The van der Waals surface area contributed by atoms with Gasteiger partial charge in [-0.3, -0.25) is 0 Å². The standard InChI is InChI=1S/C19H23F2N3O2S/c1-22-18-13-16(24-7-3-6-23(2)8-9-24)4-5-19(18)27(25,26)17-11-14(20)10-15(21)12-17/h4-5,10-13,22H,3,6-9H2,1-2H3. The molecule has 0 saturated carbocycles. The van der Waals surface area contributed by atoms with Crippen LogP contribution >= 0.6 is 0 Å². The topological polar surface area (TPSA) is 52.6 Å². The minimum absolute atomic E-state index is 0.00862. The third-order valence-electron chi connectivity index (χ3n) is 4.75. The van der Waals surface area contributed by atoms with E-state index in [2.05, 4.69) is 22.2 Å². The number of likely N-dealkylation sites (N-methyl/N-ethyl adjacent to an activating group) is 1. The maximum atomic E-state index is 13.5. The summed E-state index contributed by atoms with van der Waals surface area (Å²) < 4.78 is 52.8. The van der Waals surface area contributed by atoms with Crippen LogP contribution in [0.1, 0.15) is 6.42 Å². The fraction of sp³-hybridized carbons (Fsp3) is 0.368. The molecule has 8 heteroatoms. The van der Waals surface area contributed by atoms with Crippen LogP contribution in [0.4, 0.5) is 20.2 Å². The van der Waals surface area contributed by atoms with E-state index in [0.29, 0.717) is 11.8 Å². The van der Waals surface area contributed by atoms with Gasteiger partial charge in [0.2, 0.25) is 9.84 Å². The number of nitrogens with one attached hydrogen (secondary N) is 1. The van der Waals surface area contributed by atoms with Crippen LogP contribution in [0.25, 0.3) is 0 Å². The molecule has 0 aromatic heterocycles. The highest BCUT2D eigenvalue weighted by atomic mass is 32.2. The third kappa shape index (κ3) is 4.22. The second kappa shape index (κ2) is 7.82. The molecule has 0 aliphatic carbocycles. The molecule has 2 aromatic carbocycles. The van der Waals surface area contributed by atoms with Crippen molar-refractivity contribution in [2.24, 2.45) is 0 Å². The zero-order chi connectivity index (χ0) is 19.6. The second-order valence-corrected chi connectivity index (χ2v) is 8.60. The number of rotatable bonds is 4. The van der Waals surface area contributed by atoms with Gasteiger partial charge in [-0.15, -0.1) is 0 Å². The molecule has 1 saturated heterocycles. The van der Waals surface area contributed by atoms with Gasteiger partial charge in [-0.25, -0.2) is 17.2 Å². The molecule has 0 radical (unpaired) electrons. The number of hydrogen-bond acceptors (Lipinski definition) is 5. The summed E-state index contributed by atoms with van der Waals surface area (Å²) in [6.45, 7) is 3.68. The summed E-state index contributed by atoms with van der Waals surface area (Å²) in [5.74, 6) is -1.85. The van der Waals surface area contributed by atoms with Crippen molar-refractivity contribution in [3.05, 3.63) is 48.0 Å². The molecule has 1 aliphatic heterocycles. The monoisotopic (exact) mass is 395 g/mol. The van der Waals surface area contributed by atoms with Crippen molar-refractivity contribution in [1.29, 1.82) is 0 Å². The first kappa shape index (κ1) is 19.6. The van der Waals surface area contributed by atoms with E-state index in [9.17, 15) is 17.2 Å². The van der Waals surface area contributed by atoms with Crippen molar-refractivity contribution in [3.63, 3.8) is 0 Å². The van der Waals surface area contributed by atoms with Crippen LogP contribution in [-0.4, -0.2) is 53.6 Å². The van der Waals surface area contributed by atoms with E-state index >= 15 is 0 Å². The Morgan fingerprint density at radius 3 is 2.33 bits per heavy atom. The molecule has 1 fully saturated rings. The van der Waals surface area contributed by atoms with Gasteiger partial charge < -0.3 is 15.1 Å². The van der Waals surface area contributed by atoms with Gasteiger partial charge in [0, 0.05) is 38.4 Å². The molecular weight excluding hydrogens is 372 g/mol. The van der Waals surface area contributed by atoms with E-state index in [4.69, 9.17) is 0 Å². The predicted molar refractivity (Wildman–Crippen MR) is 102 cm³/mol. The van der Waals surface area contributed by atoms with E-state index in [1.807, 2.05) is 0 Å². The first-order valence-electron chi connectivity index (χ1n) is 8.78. The Morgan fingerprint density at radius 2 is 1.67 bits per heavy atom. The van der Waals surface area contributed by atoms with Gasteiger partial charge in [0.15, 0.2) is 0 Å². The van der Waals surface area contributed by atoms with Gasteiger partial charge in [-0.05, 0) is 50.3 Å². The average molecular weight is 395 g/mol. The highest BCUT2D eigenvalue weighted by Gasteiger charge is 2.24. The van der Waals surface area contributed by atoms with E-state index < -0.39 is 26.4 Å². The summed E-state index contributed by atoms with van der Waals surface area (Å²) in [6, 6.07) is 7.32. The van der Waals surface area contributed by atoms with Crippen LogP contribution in [0.15, 0.2) is 46.2 Å². The number of anilines is 2. The Labute approximate surface area is 158 Å². The Bertz CT molecular complexity index is 914. The van der Waals surface area contributed by atoms with Crippen LogP contribution in [0, 0.1) is 11.6 Å². The quantitative estimate of drug-likeness (QED) is 0.863. The zero-order valence-electron chi connectivity index (χ0n) is 15.4. The maximum Gasteiger partial charge on any atom is 0.208 e. The van der Waals surface area contributed by atoms with Crippen LogP contribution in [-0.2, 0) is 9.84 Å². The number of benzene rings is 2. The summed E-state index contributed by atoms with van der Waals surface area (Å²) in [5.41, 5.74) is 1.31. The van der Waals surface area contributed by atoms with Crippen LogP contribution in [0.2, 0.25) is 0 Å². The fourth-order valence-corrected chi connectivity index (χ4v) is 4.75. The number of sulfone groups is 1. The summed E-state index contributed by atoms with van der Waals surface area (Å²) in [4.78, 5) is 4.06. The molecule has 5 nitrogen and oxygen atoms in total. The minimum atomic E-state index is -4.06. The Kier molecular flexibility index (Phi) is 5.67. The summed E-state index contributed by atoms with van der Waals surface area (Å²) in [5, 5.41) is 2.90. The Hall–Kier alpha value is -2.19. The summed E-state index contributed by atoms with van der Waals surface area (Å²) in [7, 11) is -0.354. The van der Waals surface area contributed by atoms with Gasteiger partial charge in [0.1, 0.15) is 11.6 Å². The number of hydrogen-bond donors (Lipinski definition) is 1. The SMILES string of the molecule is CNc1cc(N2CCCN(C)CC2)ccc1S(=O)(=O)c1cc(F)cc(F)c1. The lowest BCUT2D eigenvalue weighted by molar-refractivity contribution is 0.360. The molecule has 0 spiro atoms. The van der Waals surface area contributed by atoms with Crippen molar-refractivity contribution in [2.75, 3.05) is 50.5 Å². The zero-order valence-corrected chi connectivity index (χ0v) is 16.2. The smallest absolute Gasteiger partial charge is 0.208 e.